The Morgan fingerprint density at radius 1 is 0.333 bits per heavy atom. The third-order valence-corrected chi connectivity index (χ3v) is 8.01. The molecule has 0 aromatic heterocycles. The van der Waals surface area contributed by atoms with Crippen LogP contribution in [0.25, 0.3) is 0 Å². The van der Waals surface area contributed by atoms with Gasteiger partial charge in [-0.25, -0.2) is 0 Å². The van der Waals surface area contributed by atoms with Crippen molar-refractivity contribution in [1.29, 1.82) is 0 Å². The van der Waals surface area contributed by atoms with Gasteiger partial charge in [-0.2, -0.15) is 0 Å². The van der Waals surface area contributed by atoms with Crippen molar-refractivity contribution in [3.63, 3.8) is 0 Å². The number of rotatable bonds is 0. The summed E-state index contributed by atoms with van der Waals surface area (Å²) >= 11 is 0. The molecule has 0 amide bonds. The van der Waals surface area contributed by atoms with Gasteiger partial charge in [0.2, 0.25) is 0 Å². The van der Waals surface area contributed by atoms with E-state index < -0.39 is 0 Å². The van der Waals surface area contributed by atoms with Crippen LogP contribution in [0.4, 0.5) is 0 Å². The van der Waals surface area contributed by atoms with Crippen molar-refractivity contribution in [2.24, 2.45) is 47.3 Å². The minimum absolute atomic E-state index is 1.20. The molecule has 0 heterocycles. The van der Waals surface area contributed by atoms with E-state index in [0.29, 0.717) is 0 Å². The predicted octanol–water partition coefficient (Wildman–Crippen LogP) is 4.89. The third kappa shape index (κ3) is 1.15. The zero-order chi connectivity index (χ0) is 11.7. The van der Waals surface area contributed by atoms with Gasteiger partial charge in [-0.05, 0) is 73.0 Å². The van der Waals surface area contributed by atoms with Crippen molar-refractivity contribution in [2.75, 3.05) is 0 Å². The maximum absolute atomic E-state index is 1.62. The topological polar surface area (TPSA) is 0 Å². The molecule has 0 radical (unpaired) electrons. The lowest BCUT2D eigenvalue weighted by molar-refractivity contribution is -0.339. The molecular formula is C18H28. The van der Waals surface area contributed by atoms with Gasteiger partial charge in [0.25, 0.3) is 0 Å². The van der Waals surface area contributed by atoms with Crippen LogP contribution in [0.15, 0.2) is 0 Å². The summed E-state index contributed by atoms with van der Waals surface area (Å²) in [5, 5.41) is 0. The molecule has 18 heavy (non-hydrogen) atoms. The van der Waals surface area contributed by atoms with E-state index in [2.05, 4.69) is 0 Å². The highest BCUT2D eigenvalue weighted by molar-refractivity contribution is 5.23. The fraction of sp³-hybridized carbons (Fsp3) is 1.00. The summed E-state index contributed by atoms with van der Waals surface area (Å²) in [4.78, 5) is 0. The summed E-state index contributed by atoms with van der Waals surface area (Å²) < 4.78 is 0. The molecule has 5 rings (SSSR count). The second-order valence-corrected chi connectivity index (χ2v) is 8.24. The van der Waals surface area contributed by atoms with Crippen molar-refractivity contribution >= 4 is 0 Å². The Kier molecular flexibility index (Phi) is 2.25. The maximum Gasteiger partial charge on any atom is -0.0315 e. The van der Waals surface area contributed by atoms with E-state index in [1.165, 1.54) is 60.2 Å². The van der Waals surface area contributed by atoms with Crippen molar-refractivity contribution in [2.45, 2.75) is 64.2 Å². The lowest BCUT2D eigenvalue weighted by Crippen LogP contribution is -2.77. The summed E-state index contributed by atoms with van der Waals surface area (Å²) in [5.41, 5.74) is 0. The molecule has 5 aliphatic carbocycles. The van der Waals surface area contributed by atoms with Crippen LogP contribution in [0, 0.1) is 47.3 Å². The highest BCUT2D eigenvalue weighted by Gasteiger charge is 2.75. The van der Waals surface area contributed by atoms with Gasteiger partial charge in [0.05, 0.1) is 0 Å². The molecule has 8 atom stereocenters. The molecule has 0 nitrogen and oxygen atoms in total. The first-order valence-electron chi connectivity index (χ1n) is 8.97. The summed E-state index contributed by atoms with van der Waals surface area (Å²) in [6.07, 6.45) is 15.7. The molecule has 0 heteroatoms. The zero-order valence-corrected chi connectivity index (χ0v) is 11.7. The molecular weight excluding hydrogens is 216 g/mol. The summed E-state index contributed by atoms with van der Waals surface area (Å²) in [6, 6.07) is 0. The Morgan fingerprint density at radius 2 is 0.667 bits per heavy atom. The van der Waals surface area contributed by atoms with Crippen molar-refractivity contribution in [3.05, 3.63) is 0 Å². The summed E-state index contributed by atoms with van der Waals surface area (Å²) in [5.74, 6) is 9.92. The van der Waals surface area contributed by atoms with Gasteiger partial charge in [-0.1, -0.05) is 38.5 Å². The summed E-state index contributed by atoms with van der Waals surface area (Å²) in [7, 11) is 0. The quantitative estimate of drug-likeness (QED) is 0.532. The maximum atomic E-state index is 1.62. The first kappa shape index (κ1) is 10.7. The van der Waals surface area contributed by atoms with Gasteiger partial charge < -0.3 is 0 Å². The van der Waals surface area contributed by atoms with Gasteiger partial charge >= 0.3 is 0 Å². The molecule has 8 unspecified atom stereocenters. The van der Waals surface area contributed by atoms with Gasteiger partial charge in [-0.15, -0.1) is 0 Å². The van der Waals surface area contributed by atoms with Crippen LogP contribution < -0.4 is 0 Å². The van der Waals surface area contributed by atoms with Crippen LogP contribution >= 0.6 is 0 Å². The molecule has 0 bridgehead atoms. The minimum atomic E-state index is 1.20. The molecule has 0 saturated heterocycles. The Balaban J connectivity index is 1.32. The standard InChI is InChI=1S/C18H28/c1-2-4-6-8-12-11(7-5-3-1)15-16(12)18-14-10-9-13(14)17(15)18/h11-18H,1-10H2. The van der Waals surface area contributed by atoms with Crippen LogP contribution in [0.2, 0.25) is 0 Å². The highest BCUT2D eigenvalue weighted by Crippen LogP contribution is 2.80. The van der Waals surface area contributed by atoms with Crippen LogP contribution in [0.5, 0.6) is 0 Å². The fourth-order valence-electron chi connectivity index (χ4n) is 7.23. The second kappa shape index (κ2) is 3.76. The van der Waals surface area contributed by atoms with Crippen molar-refractivity contribution < 1.29 is 0 Å². The average Bonchev–Trinajstić information content (AvgIpc) is 2.34. The molecule has 5 fully saturated rings. The van der Waals surface area contributed by atoms with E-state index in [9.17, 15) is 0 Å². The van der Waals surface area contributed by atoms with E-state index >= 15 is 0 Å². The Hall–Kier alpha value is 0. The molecule has 0 spiro atoms. The minimum Gasteiger partial charge on any atom is -0.0533 e. The van der Waals surface area contributed by atoms with Crippen LogP contribution in [-0.4, -0.2) is 0 Å². The number of hydrogen-bond acceptors (Lipinski definition) is 0. The van der Waals surface area contributed by atoms with Gasteiger partial charge in [0, 0.05) is 0 Å². The summed E-state index contributed by atoms with van der Waals surface area (Å²) in [6.45, 7) is 0. The van der Waals surface area contributed by atoms with Crippen LogP contribution in [-0.2, 0) is 0 Å². The highest BCUT2D eigenvalue weighted by atomic mass is 14.8. The van der Waals surface area contributed by atoms with Gasteiger partial charge in [0.1, 0.15) is 0 Å². The molecule has 0 aromatic rings. The molecule has 0 N–H and O–H groups in total. The Bertz CT molecular complexity index is 312. The first-order chi connectivity index (χ1) is 8.97. The lowest BCUT2D eigenvalue weighted by atomic mass is 9.23. The molecule has 100 valence electrons. The normalized spacial score (nSPS) is 61.3. The number of fused-ring (bicyclic) bond motifs is 10. The molecule has 5 aliphatic rings. The smallest absolute Gasteiger partial charge is 0.0315 e. The second-order valence-electron chi connectivity index (χ2n) is 8.24. The van der Waals surface area contributed by atoms with E-state index in [1.807, 2.05) is 0 Å². The van der Waals surface area contributed by atoms with E-state index in [0.717, 1.165) is 0 Å². The third-order valence-electron chi connectivity index (χ3n) is 8.01. The molecule has 0 aromatic carbocycles. The van der Waals surface area contributed by atoms with Crippen LogP contribution in [0.1, 0.15) is 64.2 Å². The van der Waals surface area contributed by atoms with E-state index in [-0.39, 0.29) is 0 Å². The van der Waals surface area contributed by atoms with E-state index in [4.69, 9.17) is 0 Å². The Morgan fingerprint density at radius 3 is 1.06 bits per heavy atom. The molecule has 5 saturated carbocycles. The Labute approximate surface area is 112 Å². The lowest BCUT2D eigenvalue weighted by Gasteiger charge is -2.81. The van der Waals surface area contributed by atoms with E-state index in [1.54, 1.807) is 51.4 Å². The average molecular weight is 244 g/mol. The van der Waals surface area contributed by atoms with Gasteiger partial charge in [0.15, 0.2) is 0 Å². The van der Waals surface area contributed by atoms with Crippen molar-refractivity contribution in [3.8, 4) is 0 Å². The fourth-order valence-corrected chi connectivity index (χ4v) is 7.23. The SMILES string of the molecule is C1CCCCC2C(CCC1)C1C2C2C3CCC3C12. The number of hydrogen-bond donors (Lipinski definition) is 0. The van der Waals surface area contributed by atoms with Gasteiger partial charge in [-0.3, -0.25) is 0 Å². The zero-order valence-electron chi connectivity index (χ0n) is 11.7. The molecule has 0 aliphatic heterocycles. The largest absolute Gasteiger partial charge is 0.0533 e. The monoisotopic (exact) mass is 244 g/mol. The first-order valence-corrected chi connectivity index (χ1v) is 8.97. The predicted molar refractivity (Wildman–Crippen MR) is 74.1 cm³/mol. The van der Waals surface area contributed by atoms with Crippen LogP contribution in [0.3, 0.4) is 0 Å². The van der Waals surface area contributed by atoms with Crippen molar-refractivity contribution in [1.82, 2.24) is 0 Å².